The molecule has 3 heteroatoms. The van der Waals surface area contributed by atoms with Gasteiger partial charge in [-0.1, -0.05) is 36.4 Å². The summed E-state index contributed by atoms with van der Waals surface area (Å²) in [5.41, 5.74) is 4.19. The number of carbonyl (C=O) groups is 1. The zero-order valence-corrected chi connectivity index (χ0v) is 11.9. The van der Waals surface area contributed by atoms with Crippen LogP contribution in [0.15, 0.2) is 48.5 Å². The Labute approximate surface area is 124 Å². The Morgan fingerprint density at radius 2 is 1.76 bits per heavy atom. The van der Waals surface area contributed by atoms with E-state index in [1.165, 1.54) is 24.0 Å². The molecule has 0 bridgehead atoms. The lowest BCUT2D eigenvalue weighted by Gasteiger charge is -2.07. The third-order valence-electron chi connectivity index (χ3n) is 3.86. The van der Waals surface area contributed by atoms with Crippen LogP contribution >= 0.6 is 0 Å². The van der Waals surface area contributed by atoms with Crippen molar-refractivity contribution in [2.24, 2.45) is 0 Å². The van der Waals surface area contributed by atoms with Crippen LogP contribution in [0.25, 0.3) is 0 Å². The molecule has 3 rings (SSSR count). The summed E-state index contributed by atoms with van der Waals surface area (Å²) in [6.07, 6.45) is 2.65. The molecule has 2 aromatic rings. The highest BCUT2D eigenvalue weighted by Crippen LogP contribution is 2.40. The topological polar surface area (TPSA) is 49.3 Å². The zero-order valence-electron chi connectivity index (χ0n) is 11.9. The summed E-state index contributed by atoms with van der Waals surface area (Å²) in [6.45, 7) is 1.58. The molecule has 2 N–H and O–H groups in total. The molecule has 0 amide bonds. The quantitative estimate of drug-likeness (QED) is 0.851. The molecule has 1 aliphatic rings. The third-order valence-corrected chi connectivity index (χ3v) is 3.86. The second-order valence-electron chi connectivity index (χ2n) is 5.62. The van der Waals surface area contributed by atoms with E-state index in [-0.39, 0.29) is 0 Å². The summed E-state index contributed by atoms with van der Waals surface area (Å²) < 4.78 is 0. The van der Waals surface area contributed by atoms with Gasteiger partial charge < -0.3 is 10.4 Å². The molecule has 0 aromatic heterocycles. The minimum atomic E-state index is -0.883. The normalized spacial score (nSPS) is 14.1. The van der Waals surface area contributed by atoms with Gasteiger partial charge in [-0.05, 0) is 47.6 Å². The van der Waals surface area contributed by atoms with Gasteiger partial charge in [-0.15, -0.1) is 0 Å². The lowest BCUT2D eigenvalue weighted by molar-refractivity contribution is 0.0697. The van der Waals surface area contributed by atoms with Crippen LogP contribution in [0, 0.1) is 0 Å². The van der Waals surface area contributed by atoms with Gasteiger partial charge in [0.05, 0.1) is 5.56 Å². The molecule has 0 spiro atoms. The fraction of sp³-hybridized carbons (Fsp3) is 0.278. The van der Waals surface area contributed by atoms with E-state index in [1.807, 2.05) is 12.1 Å². The van der Waals surface area contributed by atoms with Crippen LogP contribution in [0.5, 0.6) is 0 Å². The first-order valence-electron chi connectivity index (χ1n) is 7.34. The number of nitrogens with one attached hydrogen (secondary N) is 1. The Hall–Kier alpha value is -2.13. The molecule has 0 heterocycles. The maximum Gasteiger partial charge on any atom is 0.335 e. The number of carboxylic acids is 1. The van der Waals surface area contributed by atoms with Crippen molar-refractivity contribution in [3.63, 3.8) is 0 Å². The number of aromatic carboxylic acids is 1. The monoisotopic (exact) mass is 281 g/mol. The predicted molar refractivity (Wildman–Crippen MR) is 82.4 cm³/mol. The highest BCUT2D eigenvalue weighted by molar-refractivity contribution is 5.87. The van der Waals surface area contributed by atoms with E-state index in [0.29, 0.717) is 5.56 Å². The van der Waals surface area contributed by atoms with E-state index in [4.69, 9.17) is 5.11 Å². The van der Waals surface area contributed by atoms with Gasteiger partial charge in [0, 0.05) is 13.1 Å². The summed E-state index contributed by atoms with van der Waals surface area (Å²) in [7, 11) is 0. The van der Waals surface area contributed by atoms with Crippen molar-refractivity contribution in [2.45, 2.75) is 31.8 Å². The van der Waals surface area contributed by atoms with E-state index >= 15 is 0 Å². The smallest absolute Gasteiger partial charge is 0.335 e. The molecule has 2 aromatic carbocycles. The van der Waals surface area contributed by atoms with Crippen LogP contribution in [0.3, 0.4) is 0 Å². The first-order valence-corrected chi connectivity index (χ1v) is 7.34. The molecule has 21 heavy (non-hydrogen) atoms. The lowest BCUT2D eigenvalue weighted by Crippen LogP contribution is -2.12. The Morgan fingerprint density at radius 1 is 1.05 bits per heavy atom. The van der Waals surface area contributed by atoms with Crippen molar-refractivity contribution >= 4 is 5.97 Å². The van der Waals surface area contributed by atoms with Gasteiger partial charge in [0.1, 0.15) is 0 Å². The minimum Gasteiger partial charge on any atom is -0.478 e. The summed E-state index contributed by atoms with van der Waals surface area (Å²) in [5.74, 6) is -0.0973. The van der Waals surface area contributed by atoms with Crippen molar-refractivity contribution in [3.8, 4) is 0 Å². The molecule has 108 valence electrons. The Kier molecular flexibility index (Phi) is 4.02. The van der Waals surface area contributed by atoms with Crippen LogP contribution in [-0.4, -0.2) is 11.1 Å². The van der Waals surface area contributed by atoms with E-state index < -0.39 is 5.97 Å². The second-order valence-corrected chi connectivity index (χ2v) is 5.62. The van der Waals surface area contributed by atoms with Crippen molar-refractivity contribution in [1.82, 2.24) is 5.32 Å². The first-order chi connectivity index (χ1) is 10.2. The molecule has 1 aliphatic carbocycles. The molecule has 0 radical (unpaired) electrons. The van der Waals surface area contributed by atoms with Crippen molar-refractivity contribution in [2.75, 3.05) is 0 Å². The first kappa shape index (κ1) is 13.8. The van der Waals surface area contributed by atoms with Gasteiger partial charge >= 0.3 is 5.97 Å². The molecule has 0 saturated heterocycles. The van der Waals surface area contributed by atoms with Gasteiger partial charge in [-0.2, -0.15) is 0 Å². The van der Waals surface area contributed by atoms with Crippen molar-refractivity contribution in [3.05, 3.63) is 70.8 Å². The lowest BCUT2D eigenvalue weighted by atomic mass is 10.1. The van der Waals surface area contributed by atoms with E-state index in [9.17, 15) is 4.79 Å². The van der Waals surface area contributed by atoms with Crippen LogP contribution < -0.4 is 5.32 Å². The molecule has 0 aliphatic heterocycles. The predicted octanol–water partition coefficient (Wildman–Crippen LogP) is 3.55. The van der Waals surface area contributed by atoms with Crippen LogP contribution in [-0.2, 0) is 13.1 Å². The van der Waals surface area contributed by atoms with Crippen LogP contribution in [0.1, 0.15) is 45.8 Å². The maximum atomic E-state index is 10.8. The van der Waals surface area contributed by atoms with E-state index in [2.05, 4.69) is 29.6 Å². The van der Waals surface area contributed by atoms with Gasteiger partial charge in [-0.25, -0.2) is 4.79 Å². The van der Waals surface area contributed by atoms with Gasteiger partial charge in [0.2, 0.25) is 0 Å². The molecular weight excluding hydrogens is 262 g/mol. The summed E-state index contributed by atoms with van der Waals surface area (Å²) in [4.78, 5) is 10.8. The highest BCUT2D eigenvalue weighted by Gasteiger charge is 2.23. The maximum absolute atomic E-state index is 10.8. The Morgan fingerprint density at radius 3 is 2.43 bits per heavy atom. The molecule has 1 fully saturated rings. The SMILES string of the molecule is O=C(O)c1ccc(CNCc2cccc(C3CC3)c2)cc1. The van der Waals surface area contributed by atoms with Crippen LogP contribution in [0.4, 0.5) is 0 Å². The molecule has 0 atom stereocenters. The van der Waals surface area contributed by atoms with Crippen molar-refractivity contribution in [1.29, 1.82) is 0 Å². The third kappa shape index (κ3) is 3.70. The molecule has 3 nitrogen and oxygen atoms in total. The fourth-order valence-electron chi connectivity index (χ4n) is 2.49. The van der Waals surface area contributed by atoms with Gasteiger partial charge in [-0.3, -0.25) is 0 Å². The summed E-state index contributed by atoms with van der Waals surface area (Å²) in [5, 5.41) is 12.3. The highest BCUT2D eigenvalue weighted by atomic mass is 16.4. The summed E-state index contributed by atoms with van der Waals surface area (Å²) >= 11 is 0. The second kappa shape index (κ2) is 6.10. The standard InChI is InChI=1S/C18H19NO2/c20-18(21)16-6-4-13(5-7-16)11-19-12-14-2-1-3-17(10-14)15-8-9-15/h1-7,10,15,19H,8-9,11-12H2,(H,20,21). The van der Waals surface area contributed by atoms with E-state index in [0.717, 1.165) is 24.6 Å². The average Bonchev–Trinajstić information content (AvgIpc) is 3.33. The van der Waals surface area contributed by atoms with Crippen molar-refractivity contribution < 1.29 is 9.90 Å². The van der Waals surface area contributed by atoms with E-state index in [1.54, 1.807) is 12.1 Å². The number of hydrogen-bond donors (Lipinski definition) is 2. The Balaban J connectivity index is 1.53. The Bertz CT molecular complexity index is 630. The number of carboxylic acid groups (broad SMARTS) is 1. The number of rotatable bonds is 6. The summed E-state index contributed by atoms with van der Waals surface area (Å²) in [6, 6.07) is 15.8. The minimum absolute atomic E-state index is 0.330. The fourth-order valence-corrected chi connectivity index (χ4v) is 2.49. The average molecular weight is 281 g/mol. The van der Waals surface area contributed by atoms with Gasteiger partial charge in [0.15, 0.2) is 0 Å². The van der Waals surface area contributed by atoms with Gasteiger partial charge in [0.25, 0.3) is 0 Å². The largest absolute Gasteiger partial charge is 0.478 e. The number of benzene rings is 2. The molecule has 1 saturated carbocycles. The van der Waals surface area contributed by atoms with Crippen LogP contribution in [0.2, 0.25) is 0 Å². The zero-order chi connectivity index (χ0) is 14.7. The molecule has 0 unspecified atom stereocenters. The molecular formula is C18H19NO2. The number of hydrogen-bond acceptors (Lipinski definition) is 2.